The largest absolute Gasteiger partial charge is 0.493 e. The minimum atomic E-state index is -0.745. The maximum absolute atomic E-state index is 12.8. The summed E-state index contributed by atoms with van der Waals surface area (Å²) in [6.45, 7) is 9.02. The second kappa shape index (κ2) is 9.26. The van der Waals surface area contributed by atoms with Crippen LogP contribution in [0.3, 0.4) is 0 Å². The molecule has 0 bridgehead atoms. The first-order chi connectivity index (χ1) is 14.3. The number of benzene rings is 1. The molecule has 3 rings (SSSR count). The number of nitrogens with zero attached hydrogens (tertiary/aromatic N) is 4. The van der Waals surface area contributed by atoms with E-state index in [9.17, 15) is 9.90 Å². The summed E-state index contributed by atoms with van der Waals surface area (Å²) in [4.78, 5) is 14.5. The molecule has 1 N–H and O–H groups in total. The smallest absolute Gasteiger partial charge is 0.255 e. The topological polar surface area (TPSA) is 80.0 Å². The molecule has 1 atom stereocenters. The molecule has 2 aromatic heterocycles. The first-order valence-corrected chi connectivity index (χ1v) is 10.3. The van der Waals surface area contributed by atoms with Crippen LogP contribution in [0.4, 0.5) is 0 Å². The molecule has 0 radical (unpaired) electrons. The van der Waals surface area contributed by atoms with Gasteiger partial charge in [-0.15, -0.1) is 10.2 Å². The van der Waals surface area contributed by atoms with Gasteiger partial charge in [-0.3, -0.25) is 9.20 Å². The van der Waals surface area contributed by atoms with Gasteiger partial charge in [-0.25, -0.2) is 0 Å². The highest BCUT2D eigenvalue weighted by Crippen LogP contribution is 2.21. The fraction of sp³-hybridized carbons (Fsp3) is 0.435. The molecule has 2 heterocycles. The van der Waals surface area contributed by atoms with E-state index in [-0.39, 0.29) is 11.8 Å². The van der Waals surface area contributed by atoms with Crippen molar-refractivity contribution in [2.75, 3.05) is 20.2 Å². The normalized spacial score (nSPS) is 12.4. The van der Waals surface area contributed by atoms with Gasteiger partial charge in [-0.05, 0) is 49.9 Å². The van der Waals surface area contributed by atoms with Crippen LogP contribution in [-0.2, 0) is 0 Å². The predicted octanol–water partition coefficient (Wildman–Crippen LogP) is 3.58. The van der Waals surface area contributed by atoms with E-state index in [1.807, 2.05) is 32.9 Å². The average Bonchev–Trinajstić information content (AvgIpc) is 3.14. The van der Waals surface area contributed by atoms with E-state index in [0.717, 1.165) is 17.7 Å². The van der Waals surface area contributed by atoms with Gasteiger partial charge in [-0.2, -0.15) is 0 Å². The van der Waals surface area contributed by atoms with E-state index in [2.05, 4.69) is 23.2 Å². The summed E-state index contributed by atoms with van der Waals surface area (Å²) >= 11 is 0. The Morgan fingerprint density at radius 1 is 1.20 bits per heavy atom. The summed E-state index contributed by atoms with van der Waals surface area (Å²) in [7, 11) is 1.78. The van der Waals surface area contributed by atoms with E-state index >= 15 is 0 Å². The first kappa shape index (κ1) is 21.8. The molecule has 0 aliphatic rings. The number of carbonyl (C=O) groups excluding carboxylic acids is 1. The summed E-state index contributed by atoms with van der Waals surface area (Å²) in [5.74, 6) is 1.22. The summed E-state index contributed by atoms with van der Waals surface area (Å²) in [6.07, 6.45) is 1.67. The molecule has 160 valence electrons. The molecule has 3 aromatic rings. The van der Waals surface area contributed by atoms with Crippen molar-refractivity contribution in [1.82, 2.24) is 19.5 Å². The number of hydrogen-bond donors (Lipinski definition) is 1. The predicted molar refractivity (Wildman–Crippen MR) is 116 cm³/mol. The van der Waals surface area contributed by atoms with Crippen LogP contribution in [0, 0.1) is 19.8 Å². The van der Waals surface area contributed by atoms with Crippen LogP contribution in [0.1, 0.15) is 53.7 Å². The Labute approximate surface area is 177 Å². The quantitative estimate of drug-likeness (QED) is 0.574. The zero-order chi connectivity index (χ0) is 21.8. The van der Waals surface area contributed by atoms with Gasteiger partial charge in [0.1, 0.15) is 11.9 Å². The van der Waals surface area contributed by atoms with Gasteiger partial charge < -0.3 is 14.7 Å². The van der Waals surface area contributed by atoms with Crippen LogP contribution >= 0.6 is 0 Å². The summed E-state index contributed by atoms with van der Waals surface area (Å²) in [6, 6.07) is 9.59. The van der Waals surface area contributed by atoms with Crippen LogP contribution in [0.5, 0.6) is 5.75 Å². The minimum Gasteiger partial charge on any atom is -0.493 e. The first-order valence-electron chi connectivity index (χ1n) is 10.3. The van der Waals surface area contributed by atoms with E-state index in [4.69, 9.17) is 4.74 Å². The molecule has 0 aliphatic carbocycles. The molecule has 1 amide bonds. The van der Waals surface area contributed by atoms with Crippen molar-refractivity contribution >= 4 is 11.6 Å². The van der Waals surface area contributed by atoms with Gasteiger partial charge in [-0.1, -0.05) is 31.5 Å². The third-order valence-corrected chi connectivity index (χ3v) is 5.14. The molecule has 30 heavy (non-hydrogen) atoms. The second-order valence-electron chi connectivity index (χ2n) is 8.09. The average molecular weight is 411 g/mol. The number of amides is 1. The van der Waals surface area contributed by atoms with Crippen molar-refractivity contribution in [1.29, 1.82) is 0 Å². The zero-order valence-electron chi connectivity index (χ0n) is 18.3. The Hall–Kier alpha value is -2.93. The molecule has 7 nitrogen and oxygen atoms in total. The number of rotatable bonds is 8. The van der Waals surface area contributed by atoms with Gasteiger partial charge in [0.25, 0.3) is 5.91 Å². The van der Waals surface area contributed by atoms with Gasteiger partial charge >= 0.3 is 0 Å². The van der Waals surface area contributed by atoms with Crippen molar-refractivity contribution in [3.05, 3.63) is 59.0 Å². The standard InChI is InChI=1S/C23H30N4O3/c1-15(2)21(28)22-25-24-20-10-8-18(14-27(20)22)23(29)26(5)11-6-12-30-19-9-7-16(3)13-17(19)4/h7-10,13-15,21,28H,6,11-12H2,1-5H3. The maximum Gasteiger partial charge on any atom is 0.255 e. The molecule has 0 fully saturated rings. The lowest BCUT2D eigenvalue weighted by molar-refractivity contribution is 0.0786. The molecule has 0 saturated heterocycles. The summed E-state index contributed by atoms with van der Waals surface area (Å²) in [5.41, 5.74) is 3.45. The molecule has 1 aromatic carbocycles. The second-order valence-corrected chi connectivity index (χ2v) is 8.09. The number of aryl methyl sites for hydroxylation is 2. The summed E-state index contributed by atoms with van der Waals surface area (Å²) < 4.78 is 7.54. The highest BCUT2D eigenvalue weighted by molar-refractivity contribution is 5.94. The lowest BCUT2D eigenvalue weighted by Crippen LogP contribution is -2.29. The Morgan fingerprint density at radius 2 is 1.97 bits per heavy atom. The molecule has 1 unspecified atom stereocenters. The van der Waals surface area contributed by atoms with Crippen LogP contribution < -0.4 is 4.74 Å². The Kier molecular flexibility index (Phi) is 6.72. The fourth-order valence-electron chi connectivity index (χ4n) is 3.30. The molecule has 7 heteroatoms. The third kappa shape index (κ3) is 4.79. The highest BCUT2D eigenvalue weighted by Gasteiger charge is 2.20. The molecule has 0 spiro atoms. The van der Waals surface area contributed by atoms with Crippen LogP contribution in [-0.4, -0.2) is 50.7 Å². The number of hydrogen-bond acceptors (Lipinski definition) is 5. The number of aliphatic hydroxyl groups is 1. The number of aliphatic hydroxyl groups excluding tert-OH is 1. The van der Waals surface area contributed by atoms with Gasteiger partial charge in [0.2, 0.25) is 0 Å². The Bertz CT molecular complexity index is 1030. The molecular formula is C23H30N4O3. The van der Waals surface area contributed by atoms with E-state index in [0.29, 0.717) is 30.2 Å². The number of aromatic nitrogens is 3. The lowest BCUT2D eigenvalue weighted by atomic mass is 10.1. The van der Waals surface area contributed by atoms with Crippen molar-refractivity contribution < 1.29 is 14.6 Å². The van der Waals surface area contributed by atoms with Gasteiger partial charge in [0.05, 0.1) is 12.2 Å². The highest BCUT2D eigenvalue weighted by atomic mass is 16.5. The fourth-order valence-corrected chi connectivity index (χ4v) is 3.30. The molecule has 0 saturated carbocycles. The van der Waals surface area contributed by atoms with Gasteiger partial charge in [0.15, 0.2) is 11.5 Å². The van der Waals surface area contributed by atoms with E-state index < -0.39 is 6.10 Å². The van der Waals surface area contributed by atoms with E-state index in [1.165, 1.54) is 5.56 Å². The lowest BCUT2D eigenvalue weighted by Gasteiger charge is -2.18. The third-order valence-electron chi connectivity index (χ3n) is 5.14. The number of carbonyl (C=O) groups is 1. The summed E-state index contributed by atoms with van der Waals surface area (Å²) in [5, 5.41) is 18.5. The Balaban J connectivity index is 1.61. The van der Waals surface area contributed by atoms with Crippen LogP contribution in [0.2, 0.25) is 0 Å². The molecule has 0 aliphatic heterocycles. The zero-order valence-corrected chi connectivity index (χ0v) is 18.3. The monoisotopic (exact) mass is 410 g/mol. The molecular weight excluding hydrogens is 380 g/mol. The van der Waals surface area contributed by atoms with Gasteiger partial charge in [0, 0.05) is 19.8 Å². The number of fused-ring (bicyclic) bond motifs is 1. The number of pyridine rings is 1. The SMILES string of the molecule is Cc1ccc(OCCCN(C)C(=O)c2ccc3nnc(C(O)C(C)C)n3c2)c(C)c1. The minimum absolute atomic E-state index is 0.00315. The van der Waals surface area contributed by atoms with E-state index in [1.54, 1.807) is 34.7 Å². The van der Waals surface area contributed by atoms with Crippen LogP contribution in [0.25, 0.3) is 5.65 Å². The van der Waals surface area contributed by atoms with Crippen molar-refractivity contribution in [2.24, 2.45) is 5.92 Å². The Morgan fingerprint density at radius 3 is 2.67 bits per heavy atom. The maximum atomic E-state index is 12.8. The van der Waals surface area contributed by atoms with Crippen molar-refractivity contribution in [2.45, 2.75) is 40.2 Å². The van der Waals surface area contributed by atoms with Crippen molar-refractivity contribution in [3.63, 3.8) is 0 Å². The van der Waals surface area contributed by atoms with Crippen molar-refractivity contribution in [3.8, 4) is 5.75 Å². The number of ether oxygens (including phenoxy) is 1. The van der Waals surface area contributed by atoms with Crippen LogP contribution in [0.15, 0.2) is 36.5 Å².